The zero-order chi connectivity index (χ0) is 17.6. The topological polar surface area (TPSA) is 55.1 Å². The van der Waals surface area contributed by atoms with Crippen LogP contribution in [-0.2, 0) is 5.54 Å². The lowest BCUT2D eigenvalue weighted by Crippen LogP contribution is -2.21. The van der Waals surface area contributed by atoms with Crippen LogP contribution in [0.4, 0.5) is 4.39 Å². The van der Waals surface area contributed by atoms with E-state index in [1.54, 1.807) is 12.1 Å². The van der Waals surface area contributed by atoms with Crippen molar-refractivity contribution in [1.82, 2.24) is 9.55 Å². The van der Waals surface area contributed by atoms with Crippen molar-refractivity contribution >= 4 is 28.6 Å². The van der Waals surface area contributed by atoms with Gasteiger partial charge in [-0.3, -0.25) is 0 Å². The van der Waals surface area contributed by atoms with Crippen LogP contribution in [0.25, 0.3) is 22.2 Å². The summed E-state index contributed by atoms with van der Waals surface area (Å²) in [6.45, 7) is 5.98. The van der Waals surface area contributed by atoms with Gasteiger partial charge in [0, 0.05) is 22.7 Å². The van der Waals surface area contributed by atoms with E-state index < -0.39 is 11.8 Å². The highest BCUT2D eigenvalue weighted by atomic mass is 35.5. The highest BCUT2D eigenvalue weighted by Crippen LogP contribution is 2.34. The molecule has 0 bridgehead atoms. The van der Waals surface area contributed by atoms with Crippen LogP contribution in [0.3, 0.4) is 0 Å². The Bertz CT molecular complexity index is 958. The summed E-state index contributed by atoms with van der Waals surface area (Å²) in [5.74, 6) is -1.58. The summed E-state index contributed by atoms with van der Waals surface area (Å²) in [6, 6.07) is 7.77. The Morgan fingerprint density at radius 2 is 1.96 bits per heavy atom. The van der Waals surface area contributed by atoms with Crippen LogP contribution in [0.2, 0.25) is 5.02 Å². The Labute approximate surface area is 143 Å². The third-order valence-electron chi connectivity index (χ3n) is 3.82. The summed E-state index contributed by atoms with van der Waals surface area (Å²) in [7, 11) is 0. The Morgan fingerprint density at radius 3 is 2.54 bits per heavy atom. The Morgan fingerprint density at radius 1 is 1.25 bits per heavy atom. The van der Waals surface area contributed by atoms with Crippen LogP contribution in [0, 0.1) is 5.82 Å². The summed E-state index contributed by atoms with van der Waals surface area (Å²) in [5, 5.41) is 10.0. The molecule has 0 aliphatic rings. The Kier molecular flexibility index (Phi) is 3.84. The molecule has 0 unspecified atom stereocenters. The molecule has 6 heteroatoms. The number of aromatic carboxylic acids is 1. The van der Waals surface area contributed by atoms with Crippen molar-refractivity contribution in [3.8, 4) is 11.1 Å². The van der Waals surface area contributed by atoms with Crippen LogP contribution < -0.4 is 0 Å². The highest BCUT2D eigenvalue weighted by molar-refractivity contribution is 6.30. The number of carboxylic acid groups (broad SMARTS) is 1. The predicted octanol–water partition coefficient (Wildman–Crippen LogP) is 4.95. The number of nitrogens with zero attached hydrogens (tertiary/aromatic N) is 2. The molecule has 0 saturated heterocycles. The van der Waals surface area contributed by atoms with Gasteiger partial charge in [0.15, 0.2) is 5.69 Å². The maximum atomic E-state index is 13.8. The summed E-state index contributed by atoms with van der Waals surface area (Å²) < 4.78 is 15.7. The van der Waals surface area contributed by atoms with E-state index in [4.69, 9.17) is 11.6 Å². The first kappa shape index (κ1) is 16.5. The molecule has 0 amide bonds. The van der Waals surface area contributed by atoms with Crippen LogP contribution in [-0.4, -0.2) is 20.6 Å². The van der Waals surface area contributed by atoms with Crippen LogP contribution in [0.1, 0.15) is 31.3 Å². The SMILES string of the molecule is CC(C)(C)n1cc(-c2ccc(Cl)c(F)c2)c2ccc(C(=O)O)nc21. The monoisotopic (exact) mass is 346 g/mol. The van der Waals surface area contributed by atoms with Crippen molar-refractivity contribution in [2.24, 2.45) is 0 Å². The van der Waals surface area contributed by atoms with E-state index >= 15 is 0 Å². The van der Waals surface area contributed by atoms with Crippen LogP contribution in [0.15, 0.2) is 36.5 Å². The van der Waals surface area contributed by atoms with Crippen LogP contribution >= 0.6 is 11.6 Å². The number of hydrogen-bond acceptors (Lipinski definition) is 2. The molecule has 2 heterocycles. The van der Waals surface area contributed by atoms with E-state index in [1.807, 2.05) is 31.5 Å². The summed E-state index contributed by atoms with van der Waals surface area (Å²) in [6.07, 6.45) is 1.87. The standard InChI is InChI=1S/C18H16ClFN2O2/c1-18(2,3)22-9-12(10-4-6-13(19)14(20)8-10)11-5-7-15(17(23)24)21-16(11)22/h4-9H,1-3H3,(H,23,24). The highest BCUT2D eigenvalue weighted by Gasteiger charge is 2.21. The van der Waals surface area contributed by atoms with Crippen molar-refractivity contribution in [2.45, 2.75) is 26.3 Å². The third kappa shape index (κ3) is 2.76. The average molecular weight is 347 g/mol. The van der Waals surface area contributed by atoms with Crippen molar-refractivity contribution in [3.05, 3.63) is 53.1 Å². The van der Waals surface area contributed by atoms with Crippen molar-refractivity contribution in [1.29, 1.82) is 0 Å². The molecule has 0 aliphatic carbocycles. The summed E-state index contributed by atoms with van der Waals surface area (Å²) >= 11 is 5.76. The number of pyridine rings is 1. The number of carboxylic acids is 1. The normalized spacial score (nSPS) is 11.9. The smallest absolute Gasteiger partial charge is 0.354 e. The van der Waals surface area contributed by atoms with E-state index in [1.165, 1.54) is 18.2 Å². The Hall–Kier alpha value is -2.40. The molecular weight excluding hydrogens is 331 g/mol. The van der Waals surface area contributed by atoms with Gasteiger partial charge in [0.25, 0.3) is 0 Å². The maximum Gasteiger partial charge on any atom is 0.354 e. The number of carbonyl (C=O) groups is 1. The van der Waals surface area contributed by atoms with E-state index in [0.717, 1.165) is 10.9 Å². The van der Waals surface area contributed by atoms with E-state index in [0.29, 0.717) is 11.2 Å². The molecule has 1 aromatic carbocycles. The predicted molar refractivity (Wildman–Crippen MR) is 92.1 cm³/mol. The molecule has 124 valence electrons. The molecule has 0 spiro atoms. The van der Waals surface area contributed by atoms with Gasteiger partial charge < -0.3 is 9.67 Å². The molecule has 1 N–H and O–H groups in total. The molecule has 3 rings (SSSR count). The molecule has 0 atom stereocenters. The number of benzene rings is 1. The molecule has 0 radical (unpaired) electrons. The van der Waals surface area contributed by atoms with Crippen molar-refractivity contribution in [2.75, 3.05) is 0 Å². The molecular formula is C18H16ClFN2O2. The minimum absolute atomic E-state index is 0.0278. The molecule has 24 heavy (non-hydrogen) atoms. The summed E-state index contributed by atoms with van der Waals surface area (Å²) in [4.78, 5) is 15.5. The quantitative estimate of drug-likeness (QED) is 0.714. The van der Waals surface area contributed by atoms with Gasteiger partial charge in [-0.1, -0.05) is 17.7 Å². The summed E-state index contributed by atoms with van der Waals surface area (Å²) in [5.41, 5.74) is 1.65. The molecule has 0 aliphatic heterocycles. The number of rotatable bonds is 2. The first-order valence-electron chi connectivity index (χ1n) is 7.40. The largest absolute Gasteiger partial charge is 0.477 e. The van der Waals surface area contributed by atoms with Crippen molar-refractivity contribution < 1.29 is 14.3 Å². The fraction of sp³-hybridized carbons (Fsp3) is 0.222. The lowest BCUT2D eigenvalue weighted by molar-refractivity contribution is 0.0690. The van der Waals surface area contributed by atoms with Gasteiger partial charge in [-0.2, -0.15) is 0 Å². The fourth-order valence-corrected chi connectivity index (χ4v) is 2.74. The number of halogens is 2. The second kappa shape index (κ2) is 5.60. The third-order valence-corrected chi connectivity index (χ3v) is 4.13. The average Bonchev–Trinajstić information content (AvgIpc) is 2.88. The molecule has 0 fully saturated rings. The minimum atomic E-state index is -1.09. The second-order valence-corrected chi connectivity index (χ2v) is 6.99. The zero-order valence-corrected chi connectivity index (χ0v) is 14.2. The van der Waals surface area contributed by atoms with Gasteiger partial charge in [-0.15, -0.1) is 0 Å². The molecule has 3 aromatic rings. The number of hydrogen-bond donors (Lipinski definition) is 1. The first-order chi connectivity index (χ1) is 11.2. The van der Waals surface area contributed by atoms with Gasteiger partial charge in [0.05, 0.1) is 5.02 Å². The van der Waals surface area contributed by atoms with Crippen LogP contribution in [0.5, 0.6) is 0 Å². The van der Waals surface area contributed by atoms with Gasteiger partial charge >= 0.3 is 5.97 Å². The minimum Gasteiger partial charge on any atom is -0.477 e. The van der Waals surface area contributed by atoms with Gasteiger partial charge in [0.1, 0.15) is 11.5 Å². The molecule has 0 saturated carbocycles. The molecule has 4 nitrogen and oxygen atoms in total. The first-order valence-corrected chi connectivity index (χ1v) is 7.77. The fourth-order valence-electron chi connectivity index (χ4n) is 2.63. The zero-order valence-electron chi connectivity index (χ0n) is 13.5. The van der Waals surface area contributed by atoms with Crippen molar-refractivity contribution in [3.63, 3.8) is 0 Å². The van der Waals surface area contributed by atoms with E-state index in [2.05, 4.69) is 4.98 Å². The Balaban J connectivity index is 2.33. The number of fused-ring (bicyclic) bond motifs is 1. The van der Waals surface area contributed by atoms with Gasteiger partial charge in [-0.05, 0) is 50.6 Å². The van der Waals surface area contributed by atoms with Gasteiger partial charge in [-0.25, -0.2) is 14.2 Å². The van der Waals surface area contributed by atoms with E-state index in [9.17, 15) is 14.3 Å². The molecule has 2 aromatic heterocycles. The lowest BCUT2D eigenvalue weighted by atomic mass is 10.1. The lowest BCUT2D eigenvalue weighted by Gasteiger charge is -2.22. The van der Waals surface area contributed by atoms with Gasteiger partial charge in [0.2, 0.25) is 0 Å². The van der Waals surface area contributed by atoms with E-state index in [-0.39, 0.29) is 16.3 Å². The second-order valence-electron chi connectivity index (χ2n) is 6.59. The maximum absolute atomic E-state index is 13.8. The number of aromatic nitrogens is 2.